The van der Waals surface area contributed by atoms with Crippen LogP contribution in [0.4, 0.5) is 4.39 Å². The molecule has 8 heteroatoms. The molecule has 0 unspecified atom stereocenters. The van der Waals surface area contributed by atoms with Crippen molar-refractivity contribution in [2.24, 2.45) is 7.05 Å². The Morgan fingerprint density at radius 1 is 1.27 bits per heavy atom. The molecule has 0 saturated heterocycles. The number of amides is 1. The van der Waals surface area contributed by atoms with Crippen LogP contribution in [-0.4, -0.2) is 36.6 Å². The first kappa shape index (κ1) is 16.2. The largest absolute Gasteiger partial charge is 0.351 e. The van der Waals surface area contributed by atoms with E-state index in [1.807, 2.05) is 24.7 Å². The first-order chi connectivity index (χ1) is 12.5. The molecule has 132 valence electrons. The number of carbonyl (C=O) groups excluding carboxylic acids is 1. The number of pyridine rings is 1. The number of hydrogen-bond acceptors (Lipinski definition) is 4. The third kappa shape index (κ3) is 2.69. The van der Waals surface area contributed by atoms with Crippen molar-refractivity contribution in [3.05, 3.63) is 59.6 Å². The molecule has 0 aliphatic carbocycles. The van der Waals surface area contributed by atoms with Crippen LogP contribution in [0.15, 0.2) is 36.5 Å². The summed E-state index contributed by atoms with van der Waals surface area (Å²) in [5.41, 5.74) is 2.47. The third-order valence-electron chi connectivity index (χ3n) is 4.42. The molecular weight excluding hydrogens is 335 g/mol. The highest BCUT2D eigenvalue weighted by molar-refractivity contribution is 5.99. The highest BCUT2D eigenvalue weighted by Crippen LogP contribution is 2.16. The molecule has 1 amide bonds. The second kappa shape index (κ2) is 6.21. The van der Waals surface area contributed by atoms with Gasteiger partial charge >= 0.3 is 0 Å². The summed E-state index contributed by atoms with van der Waals surface area (Å²) >= 11 is 0. The van der Waals surface area contributed by atoms with Gasteiger partial charge in [0.25, 0.3) is 5.91 Å². The summed E-state index contributed by atoms with van der Waals surface area (Å²) in [4.78, 5) is 16.9. The van der Waals surface area contributed by atoms with Crippen molar-refractivity contribution in [2.75, 3.05) is 6.54 Å². The fraction of sp³-hybridized carbons (Fsp3) is 0.222. The van der Waals surface area contributed by atoms with Gasteiger partial charge in [-0.1, -0.05) is 0 Å². The summed E-state index contributed by atoms with van der Waals surface area (Å²) in [6.45, 7) is 2.24. The predicted octanol–water partition coefficient (Wildman–Crippen LogP) is 2.04. The van der Waals surface area contributed by atoms with Gasteiger partial charge in [0.1, 0.15) is 17.5 Å². The van der Waals surface area contributed by atoms with E-state index < -0.39 is 0 Å². The zero-order valence-electron chi connectivity index (χ0n) is 14.4. The molecule has 0 aliphatic heterocycles. The van der Waals surface area contributed by atoms with Crippen molar-refractivity contribution >= 4 is 22.6 Å². The Kier molecular flexibility index (Phi) is 3.87. The van der Waals surface area contributed by atoms with E-state index >= 15 is 0 Å². The summed E-state index contributed by atoms with van der Waals surface area (Å²) in [6, 6.07) is 8.03. The van der Waals surface area contributed by atoms with Gasteiger partial charge < -0.3 is 9.88 Å². The molecule has 3 aromatic heterocycles. The summed E-state index contributed by atoms with van der Waals surface area (Å²) in [7, 11) is 1.88. The van der Waals surface area contributed by atoms with E-state index in [-0.39, 0.29) is 11.7 Å². The van der Waals surface area contributed by atoms with E-state index in [2.05, 4.69) is 20.5 Å². The second-order valence-electron chi connectivity index (χ2n) is 6.09. The van der Waals surface area contributed by atoms with Crippen LogP contribution in [-0.2, 0) is 13.5 Å². The minimum Gasteiger partial charge on any atom is -0.351 e. The number of fused-ring (bicyclic) bond motifs is 2. The Balaban J connectivity index is 1.49. The topological polar surface area (TPSA) is 77.1 Å². The number of halogens is 1. The molecule has 4 aromatic rings. The molecule has 0 radical (unpaired) electrons. The van der Waals surface area contributed by atoms with Gasteiger partial charge in [0.2, 0.25) is 0 Å². The molecule has 7 nitrogen and oxygen atoms in total. The number of nitrogens with one attached hydrogen (secondary N) is 1. The average Bonchev–Trinajstić information content (AvgIpc) is 3.15. The Labute approximate surface area is 148 Å². The maximum Gasteiger partial charge on any atom is 0.255 e. The molecule has 0 aliphatic rings. The zero-order valence-corrected chi connectivity index (χ0v) is 14.4. The minimum absolute atomic E-state index is 0.215. The molecule has 26 heavy (non-hydrogen) atoms. The Morgan fingerprint density at radius 3 is 2.96 bits per heavy atom. The molecule has 0 atom stereocenters. The third-order valence-corrected chi connectivity index (χ3v) is 4.42. The molecular formula is C18H17FN6O. The van der Waals surface area contributed by atoms with Crippen molar-refractivity contribution in [2.45, 2.75) is 13.3 Å². The number of aryl methyl sites for hydroxylation is 2. The number of benzene rings is 1. The van der Waals surface area contributed by atoms with Crippen molar-refractivity contribution in [3.8, 4) is 0 Å². The highest BCUT2D eigenvalue weighted by Gasteiger charge is 2.14. The number of nitrogens with zero attached hydrogens (tertiary/aromatic N) is 5. The number of rotatable bonds is 4. The van der Waals surface area contributed by atoms with E-state index in [1.165, 1.54) is 12.1 Å². The van der Waals surface area contributed by atoms with Gasteiger partial charge in [0, 0.05) is 32.3 Å². The Hall–Kier alpha value is -3.29. The van der Waals surface area contributed by atoms with Gasteiger partial charge in [-0.3, -0.25) is 9.20 Å². The quantitative estimate of drug-likeness (QED) is 0.610. The number of aromatic nitrogens is 5. The summed E-state index contributed by atoms with van der Waals surface area (Å²) in [5, 5.41) is 10.9. The first-order valence-electron chi connectivity index (χ1n) is 8.24. The predicted molar refractivity (Wildman–Crippen MR) is 94.4 cm³/mol. The summed E-state index contributed by atoms with van der Waals surface area (Å²) < 4.78 is 17.0. The van der Waals surface area contributed by atoms with Gasteiger partial charge in [0.05, 0.1) is 16.6 Å². The maximum absolute atomic E-state index is 13.3. The smallest absolute Gasteiger partial charge is 0.255 e. The van der Waals surface area contributed by atoms with Gasteiger partial charge in [-0.25, -0.2) is 9.37 Å². The minimum atomic E-state index is -0.313. The SMILES string of the molecule is Cc1nnc2c(C(=O)NCCc3nc4cc(F)ccc4n3C)cccn12. The van der Waals surface area contributed by atoms with Crippen LogP contribution in [0.2, 0.25) is 0 Å². The van der Waals surface area contributed by atoms with Gasteiger partial charge in [0.15, 0.2) is 5.65 Å². The Morgan fingerprint density at radius 2 is 2.12 bits per heavy atom. The van der Waals surface area contributed by atoms with Crippen molar-refractivity contribution in [1.29, 1.82) is 0 Å². The zero-order chi connectivity index (χ0) is 18.3. The van der Waals surface area contributed by atoms with Crippen LogP contribution in [0.1, 0.15) is 22.0 Å². The monoisotopic (exact) mass is 352 g/mol. The van der Waals surface area contributed by atoms with E-state index in [1.54, 1.807) is 22.6 Å². The van der Waals surface area contributed by atoms with Crippen LogP contribution in [0, 0.1) is 12.7 Å². The second-order valence-corrected chi connectivity index (χ2v) is 6.09. The van der Waals surface area contributed by atoms with Crippen molar-refractivity contribution in [3.63, 3.8) is 0 Å². The normalized spacial score (nSPS) is 11.3. The van der Waals surface area contributed by atoms with Gasteiger partial charge in [-0.2, -0.15) is 0 Å². The van der Waals surface area contributed by atoms with Crippen LogP contribution >= 0.6 is 0 Å². The van der Waals surface area contributed by atoms with Crippen molar-refractivity contribution < 1.29 is 9.18 Å². The summed E-state index contributed by atoms with van der Waals surface area (Å²) in [6.07, 6.45) is 2.35. The number of carbonyl (C=O) groups is 1. The van der Waals surface area contributed by atoms with Crippen LogP contribution < -0.4 is 5.32 Å². The van der Waals surface area contributed by atoms with Gasteiger partial charge in [-0.05, 0) is 31.2 Å². The average molecular weight is 352 g/mol. The molecule has 1 N–H and O–H groups in total. The van der Waals surface area contributed by atoms with Gasteiger partial charge in [-0.15, -0.1) is 10.2 Å². The van der Waals surface area contributed by atoms with Crippen LogP contribution in [0.5, 0.6) is 0 Å². The maximum atomic E-state index is 13.3. The van der Waals surface area contributed by atoms with E-state index in [0.717, 1.165) is 17.2 Å². The van der Waals surface area contributed by atoms with E-state index in [0.29, 0.717) is 29.7 Å². The molecule has 0 spiro atoms. The van der Waals surface area contributed by atoms with Crippen molar-refractivity contribution in [1.82, 2.24) is 29.5 Å². The molecule has 4 rings (SSSR count). The lowest BCUT2D eigenvalue weighted by molar-refractivity contribution is 0.0955. The molecule has 0 bridgehead atoms. The lowest BCUT2D eigenvalue weighted by atomic mass is 10.2. The molecule has 3 heterocycles. The standard InChI is InChI=1S/C18H17FN6O/c1-11-22-23-17-13(4-3-9-25(11)17)18(26)20-8-7-16-21-14-10-12(19)5-6-15(14)24(16)2/h3-6,9-10H,7-8H2,1-2H3,(H,20,26). The highest BCUT2D eigenvalue weighted by atomic mass is 19.1. The molecule has 0 fully saturated rings. The van der Waals surface area contributed by atoms with E-state index in [9.17, 15) is 9.18 Å². The molecule has 1 aromatic carbocycles. The lowest BCUT2D eigenvalue weighted by Crippen LogP contribution is -2.27. The van der Waals surface area contributed by atoms with Crippen LogP contribution in [0.3, 0.4) is 0 Å². The first-order valence-corrected chi connectivity index (χ1v) is 8.24. The molecule has 0 saturated carbocycles. The lowest BCUT2D eigenvalue weighted by Gasteiger charge is -2.06. The Bertz CT molecular complexity index is 1130. The number of imidazole rings is 1. The number of hydrogen-bond donors (Lipinski definition) is 1. The van der Waals surface area contributed by atoms with Crippen LogP contribution in [0.25, 0.3) is 16.7 Å². The fourth-order valence-corrected chi connectivity index (χ4v) is 3.04. The summed E-state index contributed by atoms with van der Waals surface area (Å²) in [5.74, 6) is 0.976. The van der Waals surface area contributed by atoms with E-state index in [4.69, 9.17) is 0 Å². The fourth-order valence-electron chi connectivity index (χ4n) is 3.04.